The number of aliphatic imine (C=N–C) groups is 1. The Kier molecular flexibility index (Phi) is 4.55. The first-order valence-electron chi connectivity index (χ1n) is 6.51. The first-order chi connectivity index (χ1) is 8.78. The highest BCUT2D eigenvalue weighted by molar-refractivity contribution is 5.79. The van der Waals surface area contributed by atoms with Crippen LogP contribution < -0.4 is 10.6 Å². The third-order valence-electron chi connectivity index (χ3n) is 3.21. The number of hydrogen-bond acceptors (Lipinski definition) is 4. The molecule has 1 aliphatic rings. The standard InChI is InChI=1S/C12H21N5O/c1-9-16-11(18-17-9)6-7-14-12(13-2)15-8-10-4-3-5-10/h10H,3-8H2,1-2H3,(H2,13,14,15). The SMILES string of the molecule is CN=C(NCCc1nc(C)no1)NCC1CCC1. The Morgan fingerprint density at radius 1 is 1.44 bits per heavy atom. The maximum absolute atomic E-state index is 5.04. The molecule has 0 atom stereocenters. The van der Waals surface area contributed by atoms with Crippen LogP contribution in [0.5, 0.6) is 0 Å². The van der Waals surface area contributed by atoms with Gasteiger partial charge in [0.25, 0.3) is 0 Å². The van der Waals surface area contributed by atoms with Crippen LogP contribution in [-0.4, -0.2) is 36.2 Å². The molecule has 18 heavy (non-hydrogen) atoms. The number of aryl methyl sites for hydroxylation is 1. The molecule has 0 saturated heterocycles. The quantitative estimate of drug-likeness (QED) is 0.600. The first kappa shape index (κ1) is 12.9. The van der Waals surface area contributed by atoms with Gasteiger partial charge in [-0.15, -0.1) is 0 Å². The molecule has 6 nitrogen and oxygen atoms in total. The molecule has 0 aromatic carbocycles. The molecular weight excluding hydrogens is 230 g/mol. The van der Waals surface area contributed by atoms with E-state index in [0.717, 1.165) is 25.0 Å². The average molecular weight is 251 g/mol. The van der Waals surface area contributed by atoms with Crippen molar-refractivity contribution in [1.82, 2.24) is 20.8 Å². The maximum atomic E-state index is 5.04. The van der Waals surface area contributed by atoms with Crippen LogP contribution >= 0.6 is 0 Å². The zero-order chi connectivity index (χ0) is 12.8. The number of nitrogens with one attached hydrogen (secondary N) is 2. The fourth-order valence-electron chi connectivity index (χ4n) is 1.89. The van der Waals surface area contributed by atoms with Gasteiger partial charge in [-0.3, -0.25) is 4.99 Å². The summed E-state index contributed by atoms with van der Waals surface area (Å²) in [4.78, 5) is 8.33. The third kappa shape index (κ3) is 3.72. The average Bonchev–Trinajstić information content (AvgIpc) is 2.71. The predicted octanol–water partition coefficient (Wildman–Crippen LogP) is 0.886. The number of nitrogens with zero attached hydrogens (tertiary/aromatic N) is 3. The zero-order valence-corrected chi connectivity index (χ0v) is 11.1. The molecule has 1 saturated carbocycles. The van der Waals surface area contributed by atoms with E-state index in [1.807, 2.05) is 6.92 Å². The van der Waals surface area contributed by atoms with Gasteiger partial charge in [0.15, 0.2) is 11.8 Å². The summed E-state index contributed by atoms with van der Waals surface area (Å²) in [7, 11) is 1.78. The van der Waals surface area contributed by atoms with Crippen LogP contribution in [0.15, 0.2) is 9.52 Å². The van der Waals surface area contributed by atoms with Crippen LogP contribution in [0.3, 0.4) is 0 Å². The smallest absolute Gasteiger partial charge is 0.228 e. The second-order valence-corrected chi connectivity index (χ2v) is 4.66. The number of rotatable bonds is 5. The van der Waals surface area contributed by atoms with E-state index >= 15 is 0 Å². The van der Waals surface area contributed by atoms with E-state index in [0.29, 0.717) is 18.1 Å². The molecule has 0 spiro atoms. The molecular formula is C12H21N5O. The molecule has 1 heterocycles. The summed E-state index contributed by atoms with van der Waals surface area (Å²) in [5.74, 6) is 3.01. The number of aromatic nitrogens is 2. The Labute approximate surface area is 107 Å². The van der Waals surface area contributed by atoms with Crippen LogP contribution in [0.2, 0.25) is 0 Å². The predicted molar refractivity (Wildman–Crippen MR) is 69.4 cm³/mol. The largest absolute Gasteiger partial charge is 0.356 e. The van der Waals surface area contributed by atoms with Gasteiger partial charge < -0.3 is 15.2 Å². The van der Waals surface area contributed by atoms with Crippen molar-refractivity contribution >= 4 is 5.96 Å². The fourth-order valence-corrected chi connectivity index (χ4v) is 1.89. The van der Waals surface area contributed by atoms with E-state index in [2.05, 4.69) is 25.8 Å². The Morgan fingerprint density at radius 3 is 2.83 bits per heavy atom. The first-order valence-corrected chi connectivity index (χ1v) is 6.51. The molecule has 0 aliphatic heterocycles. The lowest BCUT2D eigenvalue weighted by molar-refractivity contribution is 0.314. The molecule has 0 radical (unpaired) electrons. The Morgan fingerprint density at radius 2 is 2.28 bits per heavy atom. The highest BCUT2D eigenvalue weighted by Gasteiger charge is 2.17. The minimum atomic E-state index is 0.662. The molecule has 100 valence electrons. The zero-order valence-electron chi connectivity index (χ0n) is 11.1. The summed E-state index contributed by atoms with van der Waals surface area (Å²) in [6.45, 7) is 3.57. The van der Waals surface area contributed by atoms with Gasteiger partial charge in [-0.1, -0.05) is 11.6 Å². The van der Waals surface area contributed by atoms with Gasteiger partial charge in [-0.05, 0) is 25.7 Å². The Balaban J connectivity index is 1.64. The van der Waals surface area contributed by atoms with E-state index in [1.165, 1.54) is 19.3 Å². The second-order valence-electron chi connectivity index (χ2n) is 4.66. The topological polar surface area (TPSA) is 75.3 Å². The van der Waals surface area contributed by atoms with Gasteiger partial charge in [-0.25, -0.2) is 0 Å². The van der Waals surface area contributed by atoms with Crippen LogP contribution in [0, 0.1) is 12.8 Å². The lowest BCUT2D eigenvalue weighted by atomic mass is 9.85. The molecule has 1 aliphatic carbocycles. The molecule has 1 fully saturated rings. The van der Waals surface area contributed by atoms with Crippen molar-refractivity contribution in [1.29, 1.82) is 0 Å². The van der Waals surface area contributed by atoms with Gasteiger partial charge in [0.05, 0.1) is 0 Å². The van der Waals surface area contributed by atoms with Crippen molar-refractivity contribution in [3.8, 4) is 0 Å². The summed E-state index contributed by atoms with van der Waals surface area (Å²) >= 11 is 0. The van der Waals surface area contributed by atoms with Crippen LogP contribution in [0.1, 0.15) is 31.0 Å². The van der Waals surface area contributed by atoms with Crippen molar-refractivity contribution in [2.24, 2.45) is 10.9 Å². The molecule has 1 aromatic heterocycles. The van der Waals surface area contributed by atoms with E-state index in [9.17, 15) is 0 Å². The Bertz CT molecular complexity index is 397. The fraction of sp³-hybridized carbons (Fsp3) is 0.750. The van der Waals surface area contributed by atoms with E-state index in [-0.39, 0.29) is 0 Å². The van der Waals surface area contributed by atoms with Crippen molar-refractivity contribution in [2.75, 3.05) is 20.1 Å². The normalized spacial score (nSPS) is 16.4. The molecule has 1 aromatic rings. The molecule has 6 heteroatoms. The second kappa shape index (κ2) is 6.37. The van der Waals surface area contributed by atoms with Crippen molar-refractivity contribution in [2.45, 2.75) is 32.6 Å². The van der Waals surface area contributed by atoms with E-state index < -0.39 is 0 Å². The molecule has 2 rings (SSSR count). The molecule has 0 unspecified atom stereocenters. The lowest BCUT2D eigenvalue weighted by Gasteiger charge is -2.26. The van der Waals surface area contributed by atoms with Crippen LogP contribution in [0.25, 0.3) is 0 Å². The van der Waals surface area contributed by atoms with Gasteiger partial charge >= 0.3 is 0 Å². The molecule has 0 amide bonds. The Hall–Kier alpha value is -1.59. The van der Waals surface area contributed by atoms with Crippen molar-refractivity contribution in [3.05, 3.63) is 11.7 Å². The molecule has 2 N–H and O–H groups in total. The van der Waals surface area contributed by atoms with Gasteiger partial charge in [0.1, 0.15) is 0 Å². The van der Waals surface area contributed by atoms with Crippen molar-refractivity contribution < 1.29 is 4.52 Å². The van der Waals surface area contributed by atoms with E-state index in [4.69, 9.17) is 4.52 Å². The van der Waals surface area contributed by atoms with E-state index in [1.54, 1.807) is 7.05 Å². The number of hydrogen-bond donors (Lipinski definition) is 2. The lowest BCUT2D eigenvalue weighted by Crippen LogP contribution is -2.41. The van der Waals surface area contributed by atoms with Gasteiger partial charge in [0.2, 0.25) is 5.89 Å². The van der Waals surface area contributed by atoms with Crippen LogP contribution in [0.4, 0.5) is 0 Å². The van der Waals surface area contributed by atoms with Gasteiger partial charge in [-0.2, -0.15) is 4.98 Å². The van der Waals surface area contributed by atoms with Gasteiger partial charge in [0, 0.05) is 26.6 Å². The summed E-state index contributed by atoms with van der Waals surface area (Å²) in [5.41, 5.74) is 0. The summed E-state index contributed by atoms with van der Waals surface area (Å²) in [5, 5.41) is 10.3. The minimum Gasteiger partial charge on any atom is -0.356 e. The monoisotopic (exact) mass is 251 g/mol. The highest BCUT2D eigenvalue weighted by Crippen LogP contribution is 2.24. The third-order valence-corrected chi connectivity index (χ3v) is 3.21. The summed E-state index contributed by atoms with van der Waals surface area (Å²) < 4.78 is 5.04. The minimum absolute atomic E-state index is 0.662. The number of guanidine groups is 1. The van der Waals surface area contributed by atoms with Crippen molar-refractivity contribution in [3.63, 3.8) is 0 Å². The maximum Gasteiger partial charge on any atom is 0.228 e. The summed E-state index contributed by atoms with van der Waals surface area (Å²) in [6.07, 6.45) is 4.76. The molecule has 0 bridgehead atoms. The summed E-state index contributed by atoms with van der Waals surface area (Å²) in [6, 6.07) is 0. The highest BCUT2D eigenvalue weighted by atomic mass is 16.5. The van der Waals surface area contributed by atoms with Crippen LogP contribution in [-0.2, 0) is 6.42 Å².